The van der Waals surface area contributed by atoms with Gasteiger partial charge in [-0.25, -0.2) is 0 Å². The third kappa shape index (κ3) is 3.37. The van der Waals surface area contributed by atoms with E-state index in [1.807, 2.05) is 25.1 Å². The van der Waals surface area contributed by atoms with Crippen molar-refractivity contribution in [3.05, 3.63) is 23.8 Å². The second-order valence-electron chi connectivity index (χ2n) is 3.80. The number of hydrogen-bond acceptors (Lipinski definition) is 4. The molecule has 0 saturated carbocycles. The first-order valence-corrected chi connectivity index (χ1v) is 5.41. The van der Waals surface area contributed by atoms with Crippen LogP contribution >= 0.6 is 0 Å². The van der Waals surface area contributed by atoms with Crippen molar-refractivity contribution in [3.8, 4) is 11.5 Å². The van der Waals surface area contributed by atoms with Gasteiger partial charge in [0.2, 0.25) is 0 Å². The third-order valence-corrected chi connectivity index (χ3v) is 2.68. The maximum absolute atomic E-state index is 11.2. The molecule has 1 unspecified atom stereocenters. The number of esters is 1. The minimum atomic E-state index is -0.215. The van der Waals surface area contributed by atoms with Crippen molar-refractivity contribution in [1.82, 2.24) is 0 Å². The van der Waals surface area contributed by atoms with Crippen molar-refractivity contribution in [2.45, 2.75) is 19.3 Å². The van der Waals surface area contributed by atoms with Crippen LogP contribution in [0.5, 0.6) is 11.5 Å². The fourth-order valence-electron chi connectivity index (χ4n) is 1.61. The highest BCUT2D eigenvalue weighted by molar-refractivity contribution is 5.70. The van der Waals surface area contributed by atoms with Gasteiger partial charge in [0, 0.05) is 0 Å². The SMILES string of the molecule is COC(=O)CC(C)c1ccc(OC)c(OC)c1. The summed E-state index contributed by atoms with van der Waals surface area (Å²) in [5, 5.41) is 0. The Bertz CT molecular complexity index is 387. The molecule has 0 heterocycles. The van der Waals surface area contributed by atoms with Crippen LogP contribution < -0.4 is 9.47 Å². The maximum Gasteiger partial charge on any atom is 0.306 e. The van der Waals surface area contributed by atoms with Crippen LogP contribution in [0.15, 0.2) is 18.2 Å². The molecule has 0 aromatic heterocycles. The third-order valence-electron chi connectivity index (χ3n) is 2.68. The van der Waals surface area contributed by atoms with E-state index >= 15 is 0 Å². The lowest BCUT2D eigenvalue weighted by Gasteiger charge is -2.13. The van der Waals surface area contributed by atoms with Crippen LogP contribution in [0, 0.1) is 0 Å². The van der Waals surface area contributed by atoms with E-state index in [0.717, 1.165) is 5.56 Å². The topological polar surface area (TPSA) is 44.8 Å². The van der Waals surface area contributed by atoms with Gasteiger partial charge in [-0.3, -0.25) is 4.79 Å². The van der Waals surface area contributed by atoms with E-state index in [0.29, 0.717) is 17.9 Å². The predicted octanol–water partition coefficient (Wildman–Crippen LogP) is 2.37. The molecule has 0 N–H and O–H groups in total. The normalized spacial score (nSPS) is 11.8. The highest BCUT2D eigenvalue weighted by Gasteiger charge is 2.13. The lowest BCUT2D eigenvalue weighted by atomic mass is 9.97. The van der Waals surface area contributed by atoms with Gasteiger partial charge in [-0.15, -0.1) is 0 Å². The van der Waals surface area contributed by atoms with Gasteiger partial charge in [0.05, 0.1) is 27.8 Å². The summed E-state index contributed by atoms with van der Waals surface area (Å²) in [6, 6.07) is 5.64. The summed E-state index contributed by atoms with van der Waals surface area (Å²) in [5.74, 6) is 1.22. The van der Waals surface area contributed by atoms with Gasteiger partial charge < -0.3 is 14.2 Å². The highest BCUT2D eigenvalue weighted by atomic mass is 16.5. The van der Waals surface area contributed by atoms with E-state index in [2.05, 4.69) is 4.74 Å². The fourth-order valence-corrected chi connectivity index (χ4v) is 1.61. The zero-order chi connectivity index (χ0) is 12.8. The van der Waals surface area contributed by atoms with E-state index in [1.54, 1.807) is 14.2 Å². The minimum Gasteiger partial charge on any atom is -0.493 e. The monoisotopic (exact) mass is 238 g/mol. The van der Waals surface area contributed by atoms with Gasteiger partial charge in [-0.2, -0.15) is 0 Å². The van der Waals surface area contributed by atoms with Crippen LogP contribution in [-0.2, 0) is 9.53 Å². The summed E-state index contributed by atoms with van der Waals surface area (Å²) < 4.78 is 15.0. The molecule has 0 aliphatic rings. The molecule has 1 aromatic rings. The van der Waals surface area contributed by atoms with Gasteiger partial charge in [-0.1, -0.05) is 13.0 Å². The number of carbonyl (C=O) groups is 1. The fraction of sp³-hybridized carbons (Fsp3) is 0.462. The Hall–Kier alpha value is -1.71. The van der Waals surface area contributed by atoms with Crippen molar-refractivity contribution in [3.63, 3.8) is 0 Å². The average molecular weight is 238 g/mol. The first-order chi connectivity index (χ1) is 8.12. The molecule has 0 spiro atoms. The molecule has 1 atom stereocenters. The lowest BCUT2D eigenvalue weighted by molar-refractivity contribution is -0.140. The number of rotatable bonds is 5. The predicted molar refractivity (Wildman–Crippen MR) is 64.6 cm³/mol. The summed E-state index contributed by atoms with van der Waals surface area (Å²) in [5.41, 5.74) is 1.02. The summed E-state index contributed by atoms with van der Waals surface area (Å²) in [6.07, 6.45) is 0.353. The standard InChI is InChI=1S/C13H18O4/c1-9(7-13(14)17-4)10-5-6-11(15-2)12(8-10)16-3/h5-6,8-9H,7H2,1-4H3. The maximum atomic E-state index is 11.2. The number of benzene rings is 1. The van der Waals surface area contributed by atoms with Gasteiger partial charge in [0.25, 0.3) is 0 Å². The molecule has 4 nitrogen and oxygen atoms in total. The Balaban J connectivity index is 2.87. The number of hydrogen-bond donors (Lipinski definition) is 0. The quantitative estimate of drug-likeness (QED) is 0.739. The molecule has 0 fully saturated rings. The zero-order valence-corrected chi connectivity index (χ0v) is 10.6. The van der Waals surface area contributed by atoms with Crippen LogP contribution in [0.2, 0.25) is 0 Å². The summed E-state index contributed by atoms with van der Waals surface area (Å²) >= 11 is 0. The Morgan fingerprint density at radius 1 is 1.18 bits per heavy atom. The molecule has 1 aromatic carbocycles. The molecule has 4 heteroatoms. The molecule has 0 bridgehead atoms. The summed E-state index contributed by atoms with van der Waals surface area (Å²) in [7, 11) is 4.58. The van der Waals surface area contributed by atoms with Crippen LogP contribution in [0.25, 0.3) is 0 Å². The first-order valence-electron chi connectivity index (χ1n) is 5.41. The summed E-state index contributed by atoms with van der Waals surface area (Å²) in [4.78, 5) is 11.2. The average Bonchev–Trinajstić information content (AvgIpc) is 2.37. The Kier molecular flexibility index (Phi) is 4.82. The van der Waals surface area contributed by atoms with Crippen molar-refractivity contribution in [2.75, 3.05) is 21.3 Å². The molecule has 17 heavy (non-hydrogen) atoms. The van der Waals surface area contributed by atoms with Crippen molar-refractivity contribution in [2.24, 2.45) is 0 Å². The van der Waals surface area contributed by atoms with E-state index in [4.69, 9.17) is 9.47 Å². The first kappa shape index (κ1) is 13.4. The van der Waals surface area contributed by atoms with Crippen molar-refractivity contribution >= 4 is 5.97 Å². The minimum absolute atomic E-state index is 0.0854. The summed E-state index contributed by atoms with van der Waals surface area (Å²) in [6.45, 7) is 1.97. The smallest absolute Gasteiger partial charge is 0.306 e. The second kappa shape index (κ2) is 6.13. The molecular weight excluding hydrogens is 220 g/mol. The van der Waals surface area contributed by atoms with Gasteiger partial charge >= 0.3 is 5.97 Å². The second-order valence-corrected chi connectivity index (χ2v) is 3.80. The van der Waals surface area contributed by atoms with Crippen LogP contribution in [0.1, 0.15) is 24.8 Å². The molecule has 94 valence electrons. The number of ether oxygens (including phenoxy) is 3. The molecule has 0 aliphatic heterocycles. The van der Waals surface area contributed by atoms with Crippen molar-refractivity contribution in [1.29, 1.82) is 0 Å². The Morgan fingerprint density at radius 3 is 2.35 bits per heavy atom. The van der Waals surface area contributed by atoms with Gasteiger partial charge in [-0.05, 0) is 23.6 Å². The number of carbonyl (C=O) groups excluding carboxylic acids is 1. The highest BCUT2D eigenvalue weighted by Crippen LogP contribution is 2.31. The lowest BCUT2D eigenvalue weighted by Crippen LogP contribution is -2.06. The molecule has 0 aliphatic carbocycles. The largest absolute Gasteiger partial charge is 0.493 e. The molecule has 0 saturated heterocycles. The van der Waals surface area contributed by atoms with Gasteiger partial charge in [0.1, 0.15) is 0 Å². The van der Waals surface area contributed by atoms with Crippen LogP contribution in [0.3, 0.4) is 0 Å². The van der Waals surface area contributed by atoms with E-state index in [-0.39, 0.29) is 11.9 Å². The van der Waals surface area contributed by atoms with Crippen LogP contribution in [0.4, 0.5) is 0 Å². The van der Waals surface area contributed by atoms with Crippen LogP contribution in [-0.4, -0.2) is 27.3 Å². The molecular formula is C13H18O4. The van der Waals surface area contributed by atoms with E-state index in [9.17, 15) is 4.79 Å². The Labute approximate surface area is 101 Å². The van der Waals surface area contributed by atoms with E-state index < -0.39 is 0 Å². The zero-order valence-electron chi connectivity index (χ0n) is 10.6. The molecule has 1 rings (SSSR count). The van der Waals surface area contributed by atoms with Gasteiger partial charge in [0.15, 0.2) is 11.5 Å². The number of methoxy groups -OCH3 is 3. The molecule has 0 amide bonds. The van der Waals surface area contributed by atoms with E-state index in [1.165, 1.54) is 7.11 Å². The Morgan fingerprint density at radius 2 is 1.82 bits per heavy atom. The van der Waals surface area contributed by atoms with Crippen molar-refractivity contribution < 1.29 is 19.0 Å². The molecule has 0 radical (unpaired) electrons.